The van der Waals surface area contributed by atoms with Crippen LogP contribution in [0.2, 0.25) is 0 Å². The van der Waals surface area contributed by atoms with Crippen molar-refractivity contribution in [1.82, 2.24) is 5.32 Å². The van der Waals surface area contributed by atoms with Crippen LogP contribution < -0.4 is 5.32 Å². The topological polar surface area (TPSA) is 201 Å². The molecular weight excluding hydrogens is 316 g/mol. The molecule has 1 saturated heterocycles. The van der Waals surface area contributed by atoms with Gasteiger partial charge >= 0.3 is 5.97 Å². The molecule has 23 heavy (non-hydrogen) atoms. The molecule has 1 aliphatic heterocycles. The van der Waals surface area contributed by atoms with Gasteiger partial charge in [0, 0.05) is 13.3 Å². The predicted molar refractivity (Wildman–Crippen MR) is 69.3 cm³/mol. The highest BCUT2D eigenvalue weighted by Gasteiger charge is 2.54. The van der Waals surface area contributed by atoms with Crippen molar-refractivity contribution in [2.75, 3.05) is 0 Å². The average molecular weight is 334 g/mol. The molecule has 1 amide bonds. The van der Waals surface area contributed by atoms with Gasteiger partial charge in [-0.3, -0.25) is 4.79 Å². The van der Waals surface area contributed by atoms with Gasteiger partial charge in [-0.25, -0.2) is 4.79 Å². The molecule has 11 nitrogen and oxygen atoms in total. The first kappa shape index (κ1) is 19.2. The monoisotopic (exact) mass is 334 g/mol. The van der Waals surface area contributed by atoms with E-state index in [-0.39, 0.29) is 0 Å². The lowest BCUT2D eigenvalue weighted by molar-refractivity contribution is -0.295. The summed E-state index contributed by atoms with van der Waals surface area (Å²) in [6.07, 6.45) is -10.5. The number of nitrogens with zero attached hydrogens (tertiary/aromatic N) is 1. The number of nitriles is 1. The van der Waals surface area contributed by atoms with E-state index in [1.54, 1.807) is 0 Å². The fourth-order valence-corrected chi connectivity index (χ4v) is 2.27. The van der Waals surface area contributed by atoms with Crippen LogP contribution in [0.5, 0.6) is 0 Å². The average Bonchev–Trinajstić information content (AvgIpc) is 2.47. The molecule has 7 N–H and O–H groups in total. The van der Waals surface area contributed by atoms with Gasteiger partial charge < -0.3 is 40.7 Å². The number of ether oxygens (including phenoxy) is 1. The van der Waals surface area contributed by atoms with Crippen LogP contribution >= 0.6 is 0 Å². The maximum Gasteiger partial charge on any atom is 0.364 e. The minimum absolute atomic E-state index is 0.661. The molecule has 0 spiro atoms. The quantitative estimate of drug-likeness (QED) is 0.243. The van der Waals surface area contributed by atoms with Crippen LogP contribution in [-0.2, 0) is 14.3 Å². The number of carbonyl (C=O) groups is 2. The van der Waals surface area contributed by atoms with Gasteiger partial charge in [0.25, 0.3) is 5.79 Å². The molecule has 2 unspecified atom stereocenters. The third-order valence-electron chi connectivity index (χ3n) is 3.43. The largest absolute Gasteiger partial charge is 0.477 e. The van der Waals surface area contributed by atoms with Gasteiger partial charge in [-0.05, 0) is 0 Å². The van der Waals surface area contributed by atoms with E-state index in [0.717, 1.165) is 6.92 Å². The van der Waals surface area contributed by atoms with Gasteiger partial charge in [0.2, 0.25) is 5.91 Å². The smallest absolute Gasteiger partial charge is 0.364 e. The molecule has 1 fully saturated rings. The number of aliphatic hydroxyl groups is 5. The normalized spacial score (nSPS) is 34.7. The SMILES string of the molecule is CC(=O)N[C@H]1[C@H]([C@H](O)[C@H](O)C(O)C#N)OC(O)(C(=O)O)C[C@@H]1O. The number of aliphatic carboxylic acids is 1. The van der Waals surface area contributed by atoms with Crippen molar-refractivity contribution >= 4 is 11.9 Å². The van der Waals surface area contributed by atoms with Gasteiger partial charge in [0.05, 0.1) is 18.2 Å². The Morgan fingerprint density at radius 3 is 2.39 bits per heavy atom. The zero-order valence-corrected chi connectivity index (χ0v) is 12.0. The Hall–Kier alpha value is -1.81. The summed E-state index contributed by atoms with van der Waals surface area (Å²) < 4.78 is 4.85. The second-order valence-corrected chi connectivity index (χ2v) is 5.22. The molecule has 0 aromatic rings. The van der Waals surface area contributed by atoms with E-state index in [1.165, 1.54) is 6.07 Å². The lowest BCUT2D eigenvalue weighted by Gasteiger charge is -2.44. The second-order valence-electron chi connectivity index (χ2n) is 5.22. The maximum atomic E-state index is 11.2. The highest BCUT2D eigenvalue weighted by molar-refractivity contribution is 5.76. The lowest BCUT2D eigenvalue weighted by Crippen LogP contribution is -2.67. The van der Waals surface area contributed by atoms with E-state index in [0.29, 0.717) is 0 Å². The summed E-state index contributed by atoms with van der Waals surface area (Å²) in [6.45, 7) is 1.08. The van der Waals surface area contributed by atoms with Crippen molar-refractivity contribution in [3.63, 3.8) is 0 Å². The molecule has 1 rings (SSSR count). The maximum absolute atomic E-state index is 11.2. The van der Waals surface area contributed by atoms with Crippen LogP contribution in [0, 0.1) is 11.3 Å². The Kier molecular flexibility index (Phi) is 6.00. The molecule has 7 atom stereocenters. The first-order valence-electron chi connectivity index (χ1n) is 6.56. The van der Waals surface area contributed by atoms with Crippen molar-refractivity contribution in [3.05, 3.63) is 0 Å². The predicted octanol–water partition coefficient (Wildman–Crippen LogP) is -3.98. The summed E-state index contributed by atoms with van der Waals surface area (Å²) in [5.74, 6) is -5.39. The molecule has 11 heteroatoms. The number of nitrogens with one attached hydrogen (secondary N) is 1. The van der Waals surface area contributed by atoms with E-state index in [4.69, 9.17) is 15.1 Å². The van der Waals surface area contributed by atoms with E-state index >= 15 is 0 Å². The van der Waals surface area contributed by atoms with Crippen molar-refractivity contribution in [1.29, 1.82) is 5.26 Å². The van der Waals surface area contributed by atoms with Crippen molar-refractivity contribution in [2.24, 2.45) is 0 Å². The third kappa shape index (κ3) is 4.14. The Bertz CT molecular complexity index is 507. The Labute approximate surface area is 130 Å². The molecule has 0 aliphatic carbocycles. The fourth-order valence-electron chi connectivity index (χ4n) is 2.27. The highest BCUT2D eigenvalue weighted by atomic mass is 16.7. The molecule has 0 saturated carbocycles. The zero-order valence-electron chi connectivity index (χ0n) is 12.0. The molecular formula is C12H18N2O9. The van der Waals surface area contributed by atoms with Crippen LogP contribution in [0.1, 0.15) is 13.3 Å². The van der Waals surface area contributed by atoms with Gasteiger partial charge in [0.15, 0.2) is 6.10 Å². The van der Waals surface area contributed by atoms with Gasteiger partial charge in [-0.1, -0.05) is 0 Å². The van der Waals surface area contributed by atoms with Gasteiger partial charge in [-0.15, -0.1) is 0 Å². The van der Waals surface area contributed by atoms with Crippen LogP contribution in [0.4, 0.5) is 0 Å². The second kappa shape index (κ2) is 7.18. The van der Waals surface area contributed by atoms with Crippen molar-refractivity contribution in [2.45, 2.75) is 55.7 Å². The van der Waals surface area contributed by atoms with E-state index < -0.39 is 60.6 Å². The number of carboxylic acid groups (broad SMARTS) is 1. The Morgan fingerprint density at radius 1 is 1.39 bits per heavy atom. The third-order valence-corrected chi connectivity index (χ3v) is 3.43. The van der Waals surface area contributed by atoms with Gasteiger partial charge in [0.1, 0.15) is 18.3 Å². The number of aliphatic hydroxyl groups excluding tert-OH is 4. The summed E-state index contributed by atoms with van der Waals surface area (Å²) >= 11 is 0. The van der Waals surface area contributed by atoms with Crippen LogP contribution in [0.25, 0.3) is 0 Å². The molecule has 1 heterocycles. The summed E-state index contributed by atoms with van der Waals surface area (Å²) in [7, 11) is 0. The molecule has 0 aromatic carbocycles. The Balaban J connectivity index is 3.14. The minimum Gasteiger partial charge on any atom is -0.477 e. The summed E-state index contributed by atoms with van der Waals surface area (Å²) in [4.78, 5) is 22.2. The number of hydrogen-bond donors (Lipinski definition) is 7. The molecule has 0 aromatic heterocycles. The summed E-state index contributed by atoms with van der Waals surface area (Å²) in [5, 5.41) is 68.4. The number of carboxylic acids is 1. The Morgan fingerprint density at radius 2 is 1.96 bits per heavy atom. The fraction of sp³-hybridized carbons (Fsp3) is 0.750. The lowest BCUT2D eigenvalue weighted by atomic mass is 9.87. The van der Waals surface area contributed by atoms with E-state index in [2.05, 4.69) is 5.32 Å². The van der Waals surface area contributed by atoms with E-state index in [1.807, 2.05) is 0 Å². The number of hydrogen-bond acceptors (Lipinski definition) is 9. The molecule has 1 aliphatic rings. The van der Waals surface area contributed by atoms with E-state index in [9.17, 15) is 35.1 Å². The number of rotatable bonds is 5. The van der Waals surface area contributed by atoms with Crippen LogP contribution in [0.15, 0.2) is 0 Å². The minimum atomic E-state index is -2.88. The first-order chi connectivity index (χ1) is 10.5. The van der Waals surface area contributed by atoms with Crippen molar-refractivity contribution < 1.29 is 45.0 Å². The molecule has 0 radical (unpaired) electrons. The van der Waals surface area contributed by atoms with Crippen LogP contribution in [-0.4, -0.2) is 84.9 Å². The van der Waals surface area contributed by atoms with Crippen LogP contribution in [0.3, 0.4) is 0 Å². The molecule has 130 valence electrons. The zero-order chi connectivity index (χ0) is 17.9. The standard InChI is InChI=1S/C12H18N2O9/c1-4(15)14-7-5(16)2-12(22,11(20)21)23-10(7)9(19)8(18)6(17)3-13/h5-10,16-19,22H,2H2,1H3,(H,14,15)(H,20,21)/t5-,6?,7+,8+,9+,10+,12?/m0/s1. The van der Waals surface area contributed by atoms with Gasteiger partial charge in [-0.2, -0.15) is 5.26 Å². The highest BCUT2D eigenvalue weighted by Crippen LogP contribution is 2.30. The summed E-state index contributed by atoms with van der Waals surface area (Å²) in [6, 6.07) is -0.130. The van der Waals surface area contributed by atoms with Crippen molar-refractivity contribution in [3.8, 4) is 6.07 Å². The number of carbonyl (C=O) groups excluding carboxylic acids is 1. The number of amides is 1. The summed E-state index contributed by atoms with van der Waals surface area (Å²) in [5.41, 5.74) is 0. The molecule has 0 bridgehead atoms. The first-order valence-corrected chi connectivity index (χ1v) is 6.56.